The molecule has 0 aliphatic carbocycles. The molecule has 1 heterocycles. The highest BCUT2D eigenvalue weighted by atomic mass is 35.5. The predicted octanol–water partition coefficient (Wildman–Crippen LogP) is 4.50. The fraction of sp³-hybridized carbons (Fsp3) is 0.0667. The molecule has 3 aromatic rings. The number of benzene rings is 2. The van der Waals surface area contributed by atoms with E-state index in [4.69, 9.17) is 23.2 Å². The van der Waals surface area contributed by atoms with Gasteiger partial charge in [0.15, 0.2) is 0 Å². The minimum atomic E-state index is 0.212. The number of phenolic OH excluding ortho intramolecular Hbond substituents is 1. The van der Waals surface area contributed by atoms with Gasteiger partial charge in [-0.3, -0.25) is 0 Å². The molecule has 0 bridgehead atoms. The zero-order chi connectivity index (χ0) is 13.4. The van der Waals surface area contributed by atoms with E-state index in [9.17, 15) is 5.11 Å². The second-order valence-corrected chi connectivity index (χ2v) is 5.12. The second kappa shape index (κ2) is 4.80. The summed E-state index contributed by atoms with van der Waals surface area (Å²) in [6.07, 6.45) is 0. The van der Waals surface area contributed by atoms with Crippen molar-refractivity contribution in [2.24, 2.45) is 0 Å². The van der Waals surface area contributed by atoms with Crippen LogP contribution in [-0.4, -0.2) is 9.67 Å². The Morgan fingerprint density at radius 3 is 2.53 bits per heavy atom. The van der Waals surface area contributed by atoms with Crippen LogP contribution in [0.5, 0.6) is 5.75 Å². The minimum absolute atomic E-state index is 0.212. The molecule has 1 radical (unpaired) electrons. The normalized spacial score (nSPS) is 11.1. The van der Waals surface area contributed by atoms with Crippen molar-refractivity contribution < 1.29 is 5.11 Å². The fourth-order valence-corrected chi connectivity index (χ4v) is 2.45. The maximum atomic E-state index is 9.46. The molecular weight excluding hydrogens is 281 g/mol. The van der Waals surface area contributed by atoms with Crippen molar-refractivity contribution in [1.29, 1.82) is 0 Å². The smallest absolute Gasteiger partial charge is 0.118 e. The van der Waals surface area contributed by atoms with Gasteiger partial charge in [0, 0.05) is 23.0 Å². The molecule has 0 saturated heterocycles. The lowest BCUT2D eigenvalue weighted by molar-refractivity contribution is 0.476. The fourth-order valence-electron chi connectivity index (χ4n) is 2.07. The molecule has 0 saturated carbocycles. The number of rotatable bonds is 2. The summed E-state index contributed by atoms with van der Waals surface area (Å²) in [7, 11) is 0. The van der Waals surface area contributed by atoms with Crippen LogP contribution in [-0.2, 0) is 6.54 Å². The highest BCUT2D eigenvalue weighted by molar-refractivity contribution is 6.31. The lowest BCUT2D eigenvalue weighted by Gasteiger charge is -2.07. The van der Waals surface area contributed by atoms with E-state index in [0.717, 1.165) is 16.5 Å². The highest BCUT2D eigenvalue weighted by Crippen LogP contribution is 2.27. The first-order valence-electron chi connectivity index (χ1n) is 5.78. The molecule has 95 valence electrons. The molecule has 19 heavy (non-hydrogen) atoms. The number of fused-ring (bicyclic) bond motifs is 1. The van der Waals surface area contributed by atoms with Crippen molar-refractivity contribution in [3.8, 4) is 5.75 Å². The van der Waals surface area contributed by atoms with E-state index >= 15 is 0 Å². The molecule has 2 nitrogen and oxygen atoms in total. The predicted molar refractivity (Wildman–Crippen MR) is 78.0 cm³/mol. The Labute approximate surface area is 120 Å². The average molecular weight is 291 g/mol. The van der Waals surface area contributed by atoms with Gasteiger partial charge in [0.1, 0.15) is 10.9 Å². The molecule has 2 aromatic carbocycles. The van der Waals surface area contributed by atoms with Gasteiger partial charge in [-0.25, -0.2) is 0 Å². The zero-order valence-electron chi connectivity index (χ0n) is 9.90. The van der Waals surface area contributed by atoms with Gasteiger partial charge in [0.25, 0.3) is 0 Å². The first-order chi connectivity index (χ1) is 9.13. The maximum absolute atomic E-state index is 9.46. The van der Waals surface area contributed by atoms with Crippen molar-refractivity contribution in [3.05, 3.63) is 64.3 Å². The van der Waals surface area contributed by atoms with Crippen LogP contribution in [0.25, 0.3) is 10.9 Å². The molecule has 1 N–H and O–H groups in total. The van der Waals surface area contributed by atoms with Crippen LogP contribution >= 0.6 is 23.2 Å². The zero-order valence-corrected chi connectivity index (χ0v) is 11.4. The van der Waals surface area contributed by atoms with Crippen molar-refractivity contribution >= 4 is 34.1 Å². The summed E-state index contributed by atoms with van der Waals surface area (Å²) in [5, 5.41) is 11.5. The summed E-state index contributed by atoms with van der Waals surface area (Å²) in [4.78, 5) is 0. The summed E-state index contributed by atoms with van der Waals surface area (Å²) in [6.45, 7) is 0.640. The Bertz CT molecular complexity index is 732. The number of aromatic nitrogens is 1. The first kappa shape index (κ1) is 12.4. The third-order valence-electron chi connectivity index (χ3n) is 3.00. The number of nitrogens with zero attached hydrogens (tertiary/aromatic N) is 1. The number of halogens is 2. The van der Waals surface area contributed by atoms with Crippen molar-refractivity contribution in [3.63, 3.8) is 0 Å². The maximum Gasteiger partial charge on any atom is 0.118 e. The van der Waals surface area contributed by atoms with E-state index in [2.05, 4.69) is 6.07 Å². The third kappa shape index (κ3) is 2.42. The Balaban J connectivity index is 2.05. The van der Waals surface area contributed by atoms with Gasteiger partial charge >= 0.3 is 0 Å². The molecule has 0 amide bonds. The van der Waals surface area contributed by atoms with Gasteiger partial charge in [-0.1, -0.05) is 35.3 Å². The van der Waals surface area contributed by atoms with Crippen LogP contribution in [0.1, 0.15) is 5.56 Å². The quantitative estimate of drug-likeness (QED) is 0.738. The number of hydrogen-bond donors (Lipinski definition) is 1. The number of aromatic hydroxyl groups is 1. The lowest BCUT2D eigenvalue weighted by atomic mass is 10.2. The van der Waals surface area contributed by atoms with E-state index in [-0.39, 0.29) is 5.75 Å². The van der Waals surface area contributed by atoms with Gasteiger partial charge in [0.2, 0.25) is 0 Å². The van der Waals surface area contributed by atoms with Crippen LogP contribution < -0.4 is 0 Å². The van der Waals surface area contributed by atoms with Gasteiger partial charge in [0.05, 0.1) is 5.52 Å². The first-order valence-corrected chi connectivity index (χ1v) is 6.53. The Kier molecular flexibility index (Phi) is 3.13. The van der Waals surface area contributed by atoms with Crippen molar-refractivity contribution in [2.45, 2.75) is 6.54 Å². The van der Waals surface area contributed by atoms with Crippen LogP contribution in [0.2, 0.25) is 10.2 Å². The molecule has 0 fully saturated rings. The van der Waals surface area contributed by atoms with Gasteiger partial charge in [-0.05, 0) is 35.9 Å². The summed E-state index contributed by atoms with van der Waals surface area (Å²) >= 11 is 12.1. The van der Waals surface area contributed by atoms with E-state index in [1.807, 2.05) is 34.9 Å². The molecule has 0 spiro atoms. The van der Waals surface area contributed by atoms with E-state index < -0.39 is 0 Å². The molecule has 0 aliphatic heterocycles. The summed E-state index contributed by atoms with van der Waals surface area (Å²) in [5.74, 6) is 0.212. The van der Waals surface area contributed by atoms with Crippen molar-refractivity contribution in [2.75, 3.05) is 0 Å². The van der Waals surface area contributed by atoms with Gasteiger partial charge in [-0.2, -0.15) is 0 Å². The van der Waals surface area contributed by atoms with Crippen LogP contribution in [0.15, 0.2) is 42.5 Å². The van der Waals surface area contributed by atoms with Gasteiger partial charge in [-0.15, -0.1) is 0 Å². The molecule has 0 atom stereocenters. The molecule has 3 rings (SSSR count). The molecular formula is C15H10Cl2NO. The monoisotopic (exact) mass is 290 g/mol. The minimum Gasteiger partial charge on any atom is -0.508 e. The second-order valence-electron chi connectivity index (χ2n) is 4.33. The average Bonchev–Trinajstić information content (AvgIpc) is 2.68. The topological polar surface area (TPSA) is 25.2 Å². The summed E-state index contributed by atoms with van der Waals surface area (Å²) in [5.41, 5.74) is 2.04. The molecule has 0 aliphatic rings. The van der Waals surface area contributed by atoms with Crippen LogP contribution in [0.4, 0.5) is 0 Å². The van der Waals surface area contributed by atoms with Gasteiger partial charge < -0.3 is 9.67 Å². The summed E-state index contributed by atoms with van der Waals surface area (Å²) in [6, 6.07) is 15.8. The Hall–Kier alpha value is -1.64. The van der Waals surface area contributed by atoms with E-state index in [1.165, 1.54) is 0 Å². The lowest BCUT2D eigenvalue weighted by Crippen LogP contribution is -1.99. The molecule has 4 heteroatoms. The molecule has 0 unspecified atom stereocenters. The number of hydrogen-bond acceptors (Lipinski definition) is 1. The van der Waals surface area contributed by atoms with Crippen molar-refractivity contribution in [1.82, 2.24) is 4.57 Å². The highest BCUT2D eigenvalue weighted by Gasteiger charge is 2.08. The third-order valence-corrected chi connectivity index (χ3v) is 3.55. The summed E-state index contributed by atoms with van der Waals surface area (Å²) < 4.78 is 1.94. The number of phenols is 1. The molecule has 1 aromatic heterocycles. The van der Waals surface area contributed by atoms with Crippen LogP contribution in [0, 0.1) is 6.07 Å². The standard InChI is InChI=1S/C15H10Cl2NO/c16-12-3-1-10(2-4-12)9-18-14-6-5-13(19)7-11(14)8-15(18)17/h1-7,19H,9H2. The van der Waals surface area contributed by atoms with E-state index in [0.29, 0.717) is 16.7 Å². The van der Waals surface area contributed by atoms with E-state index in [1.54, 1.807) is 12.1 Å². The largest absolute Gasteiger partial charge is 0.508 e. The Morgan fingerprint density at radius 1 is 1.05 bits per heavy atom. The Morgan fingerprint density at radius 2 is 1.79 bits per heavy atom. The SMILES string of the molecule is Oc1ccc2c([c]c(Cl)n2Cc2ccc(Cl)cc2)c1. The van der Waals surface area contributed by atoms with Crippen LogP contribution in [0.3, 0.4) is 0 Å².